The summed E-state index contributed by atoms with van der Waals surface area (Å²) in [6, 6.07) is 4.24. The summed E-state index contributed by atoms with van der Waals surface area (Å²) >= 11 is 1.63. The van der Waals surface area contributed by atoms with Crippen molar-refractivity contribution in [2.24, 2.45) is 0 Å². The van der Waals surface area contributed by atoms with E-state index in [0.29, 0.717) is 6.10 Å². The van der Waals surface area contributed by atoms with Gasteiger partial charge in [0.1, 0.15) is 5.52 Å². The SMILES string of the molecule is CCCOC1CCCN(c2ccc3scnc3c2N)C1. The molecule has 3 rings (SSSR count). The maximum absolute atomic E-state index is 6.30. The largest absolute Gasteiger partial charge is 0.395 e. The molecule has 1 aromatic heterocycles. The van der Waals surface area contributed by atoms with Gasteiger partial charge in [0, 0.05) is 19.7 Å². The Bertz CT molecular complexity index is 584. The van der Waals surface area contributed by atoms with Crippen LogP contribution in [0.3, 0.4) is 0 Å². The number of fused-ring (bicyclic) bond motifs is 1. The second kappa shape index (κ2) is 5.97. The van der Waals surface area contributed by atoms with Gasteiger partial charge in [0.15, 0.2) is 0 Å². The van der Waals surface area contributed by atoms with Gasteiger partial charge in [-0.05, 0) is 31.4 Å². The van der Waals surface area contributed by atoms with Crippen molar-refractivity contribution in [2.75, 3.05) is 30.3 Å². The van der Waals surface area contributed by atoms with Crippen LogP contribution in [0.25, 0.3) is 10.2 Å². The van der Waals surface area contributed by atoms with E-state index < -0.39 is 0 Å². The lowest BCUT2D eigenvalue weighted by Crippen LogP contribution is -2.40. The monoisotopic (exact) mass is 291 g/mol. The first-order chi connectivity index (χ1) is 9.79. The number of rotatable bonds is 4. The Hall–Kier alpha value is -1.33. The Balaban J connectivity index is 1.81. The van der Waals surface area contributed by atoms with Gasteiger partial charge in [-0.3, -0.25) is 0 Å². The molecule has 1 fully saturated rings. The molecule has 0 saturated carbocycles. The molecule has 1 aromatic carbocycles. The number of nitrogen functional groups attached to an aromatic ring is 1. The van der Waals surface area contributed by atoms with E-state index in [1.165, 1.54) is 0 Å². The summed E-state index contributed by atoms with van der Waals surface area (Å²) in [4.78, 5) is 6.72. The third-order valence-electron chi connectivity index (χ3n) is 3.80. The smallest absolute Gasteiger partial charge is 0.106 e. The van der Waals surface area contributed by atoms with Gasteiger partial charge in [-0.2, -0.15) is 0 Å². The standard InChI is InChI=1S/C15H21N3OS/c1-2-8-19-11-4-3-7-18(9-11)12-5-6-13-15(14(12)16)17-10-20-13/h5-6,10-11H,2-4,7-9,16H2,1H3. The predicted octanol–water partition coefficient (Wildman–Crippen LogP) is 3.27. The van der Waals surface area contributed by atoms with E-state index in [9.17, 15) is 0 Å². The Morgan fingerprint density at radius 2 is 2.40 bits per heavy atom. The average Bonchev–Trinajstić information content (AvgIpc) is 2.95. The van der Waals surface area contributed by atoms with Crippen LogP contribution in [0.4, 0.5) is 11.4 Å². The first-order valence-corrected chi connectivity index (χ1v) is 8.15. The van der Waals surface area contributed by atoms with Crippen molar-refractivity contribution in [2.45, 2.75) is 32.3 Å². The highest BCUT2D eigenvalue weighted by molar-refractivity contribution is 7.16. The van der Waals surface area contributed by atoms with Crippen molar-refractivity contribution in [3.8, 4) is 0 Å². The predicted molar refractivity (Wildman–Crippen MR) is 85.5 cm³/mol. The number of piperidine rings is 1. The Labute approximate surface area is 123 Å². The Morgan fingerprint density at radius 3 is 3.25 bits per heavy atom. The van der Waals surface area contributed by atoms with Gasteiger partial charge >= 0.3 is 0 Å². The number of nitrogens with two attached hydrogens (primary N) is 1. The van der Waals surface area contributed by atoms with E-state index in [1.54, 1.807) is 11.3 Å². The molecule has 0 amide bonds. The molecule has 1 atom stereocenters. The number of thiazole rings is 1. The molecule has 4 nitrogen and oxygen atoms in total. The van der Waals surface area contributed by atoms with Crippen LogP contribution in [-0.4, -0.2) is 30.8 Å². The van der Waals surface area contributed by atoms with E-state index in [-0.39, 0.29) is 0 Å². The number of aromatic nitrogens is 1. The molecule has 5 heteroatoms. The fourth-order valence-electron chi connectivity index (χ4n) is 2.79. The molecule has 2 aromatic rings. The van der Waals surface area contributed by atoms with Crippen LogP contribution in [0.5, 0.6) is 0 Å². The minimum atomic E-state index is 0.328. The molecule has 1 aliphatic heterocycles. The molecule has 1 saturated heterocycles. The van der Waals surface area contributed by atoms with Crippen molar-refractivity contribution in [1.29, 1.82) is 0 Å². The third-order valence-corrected chi connectivity index (χ3v) is 4.59. The van der Waals surface area contributed by atoms with Crippen LogP contribution < -0.4 is 10.6 Å². The molecule has 1 aliphatic rings. The topological polar surface area (TPSA) is 51.4 Å². The van der Waals surface area contributed by atoms with E-state index in [2.05, 4.69) is 28.9 Å². The summed E-state index contributed by atoms with van der Waals surface area (Å²) in [7, 11) is 0. The highest BCUT2D eigenvalue weighted by Crippen LogP contribution is 2.34. The van der Waals surface area contributed by atoms with Gasteiger partial charge in [0.2, 0.25) is 0 Å². The summed E-state index contributed by atoms with van der Waals surface area (Å²) < 4.78 is 7.05. The zero-order chi connectivity index (χ0) is 13.9. The van der Waals surface area contributed by atoms with Crippen LogP contribution in [0, 0.1) is 0 Å². The minimum Gasteiger partial charge on any atom is -0.395 e. The van der Waals surface area contributed by atoms with Gasteiger partial charge in [-0.15, -0.1) is 11.3 Å². The van der Waals surface area contributed by atoms with E-state index in [4.69, 9.17) is 10.5 Å². The molecule has 0 bridgehead atoms. The van der Waals surface area contributed by atoms with Gasteiger partial charge in [0.05, 0.1) is 27.7 Å². The average molecular weight is 291 g/mol. The second-order valence-corrected chi connectivity index (χ2v) is 6.16. The van der Waals surface area contributed by atoms with Gasteiger partial charge in [0.25, 0.3) is 0 Å². The summed E-state index contributed by atoms with van der Waals surface area (Å²) in [5.41, 5.74) is 11.0. The zero-order valence-corrected chi connectivity index (χ0v) is 12.7. The van der Waals surface area contributed by atoms with Crippen molar-refractivity contribution >= 4 is 32.9 Å². The summed E-state index contributed by atoms with van der Waals surface area (Å²) in [5.74, 6) is 0. The molecule has 0 spiro atoms. The zero-order valence-electron chi connectivity index (χ0n) is 11.8. The van der Waals surface area contributed by atoms with Gasteiger partial charge in [-0.1, -0.05) is 6.92 Å². The maximum atomic E-state index is 6.30. The maximum Gasteiger partial charge on any atom is 0.106 e. The number of hydrogen-bond acceptors (Lipinski definition) is 5. The number of hydrogen-bond donors (Lipinski definition) is 1. The number of ether oxygens (including phenoxy) is 1. The number of anilines is 2. The normalized spacial score (nSPS) is 19.6. The van der Waals surface area contributed by atoms with E-state index in [1.807, 2.05) is 5.51 Å². The van der Waals surface area contributed by atoms with Gasteiger partial charge < -0.3 is 15.4 Å². The summed E-state index contributed by atoms with van der Waals surface area (Å²) in [5, 5.41) is 0. The quantitative estimate of drug-likeness (QED) is 0.878. The fraction of sp³-hybridized carbons (Fsp3) is 0.533. The summed E-state index contributed by atoms with van der Waals surface area (Å²) in [6.07, 6.45) is 3.70. The van der Waals surface area contributed by atoms with Crippen LogP contribution in [-0.2, 0) is 4.74 Å². The molecule has 2 N–H and O–H groups in total. The van der Waals surface area contributed by atoms with Crippen molar-refractivity contribution in [3.05, 3.63) is 17.6 Å². The van der Waals surface area contributed by atoms with Crippen molar-refractivity contribution in [3.63, 3.8) is 0 Å². The molecule has 2 heterocycles. The Morgan fingerprint density at radius 1 is 1.50 bits per heavy atom. The highest BCUT2D eigenvalue weighted by Gasteiger charge is 2.22. The van der Waals surface area contributed by atoms with Crippen LogP contribution in [0.15, 0.2) is 17.6 Å². The minimum absolute atomic E-state index is 0.328. The Kier molecular flexibility index (Phi) is 4.08. The van der Waals surface area contributed by atoms with E-state index >= 15 is 0 Å². The molecule has 1 unspecified atom stereocenters. The van der Waals surface area contributed by atoms with E-state index in [0.717, 1.165) is 60.6 Å². The molecule has 0 aliphatic carbocycles. The highest BCUT2D eigenvalue weighted by atomic mass is 32.1. The lowest BCUT2D eigenvalue weighted by Gasteiger charge is -2.35. The summed E-state index contributed by atoms with van der Waals surface area (Å²) in [6.45, 7) is 4.97. The van der Waals surface area contributed by atoms with Crippen LogP contribution in [0.2, 0.25) is 0 Å². The molecular formula is C15H21N3OS. The third kappa shape index (κ3) is 2.60. The fourth-order valence-corrected chi connectivity index (χ4v) is 3.49. The first kappa shape index (κ1) is 13.6. The molecule has 20 heavy (non-hydrogen) atoms. The number of nitrogens with zero attached hydrogens (tertiary/aromatic N) is 2. The lowest BCUT2D eigenvalue weighted by molar-refractivity contribution is 0.0441. The second-order valence-electron chi connectivity index (χ2n) is 5.28. The van der Waals surface area contributed by atoms with Crippen molar-refractivity contribution in [1.82, 2.24) is 4.98 Å². The first-order valence-electron chi connectivity index (χ1n) is 7.28. The van der Waals surface area contributed by atoms with Crippen molar-refractivity contribution < 1.29 is 4.74 Å². The number of benzene rings is 1. The van der Waals surface area contributed by atoms with Crippen LogP contribution in [0.1, 0.15) is 26.2 Å². The van der Waals surface area contributed by atoms with Gasteiger partial charge in [-0.25, -0.2) is 4.98 Å². The lowest BCUT2D eigenvalue weighted by atomic mass is 10.1. The molecule has 0 radical (unpaired) electrons. The molecular weight excluding hydrogens is 270 g/mol. The van der Waals surface area contributed by atoms with Crippen LogP contribution >= 0.6 is 11.3 Å². The molecule has 108 valence electrons.